The second-order valence-corrected chi connectivity index (χ2v) is 9.04. The summed E-state index contributed by atoms with van der Waals surface area (Å²) in [4.78, 5) is 30.3. The van der Waals surface area contributed by atoms with Crippen LogP contribution in [0.5, 0.6) is 23.0 Å². The number of hydrogen-bond donors (Lipinski definition) is 0. The van der Waals surface area contributed by atoms with Crippen molar-refractivity contribution in [1.29, 1.82) is 0 Å². The third-order valence-corrected chi connectivity index (χ3v) is 6.57. The van der Waals surface area contributed by atoms with Crippen molar-refractivity contribution in [3.8, 4) is 23.0 Å². The van der Waals surface area contributed by atoms with Crippen LogP contribution in [-0.2, 0) is 4.74 Å². The molecule has 0 N–H and O–H groups in total. The molecule has 2 aromatic rings. The first-order chi connectivity index (χ1) is 17.5. The van der Waals surface area contributed by atoms with E-state index in [1.165, 1.54) is 0 Å². The lowest BCUT2D eigenvalue weighted by Crippen LogP contribution is -2.51. The van der Waals surface area contributed by atoms with Crippen molar-refractivity contribution in [3.05, 3.63) is 47.5 Å². The van der Waals surface area contributed by atoms with Crippen LogP contribution in [0.2, 0.25) is 0 Å². The number of benzene rings is 2. The van der Waals surface area contributed by atoms with E-state index in [9.17, 15) is 9.59 Å². The fourth-order valence-electron chi connectivity index (χ4n) is 4.42. The fourth-order valence-corrected chi connectivity index (χ4v) is 4.42. The van der Waals surface area contributed by atoms with Gasteiger partial charge in [-0.3, -0.25) is 9.59 Å². The van der Waals surface area contributed by atoms with Gasteiger partial charge in [0.25, 0.3) is 11.8 Å². The van der Waals surface area contributed by atoms with E-state index in [-0.39, 0.29) is 17.9 Å². The van der Waals surface area contributed by atoms with Gasteiger partial charge in [-0.25, -0.2) is 0 Å². The molecule has 0 aromatic heterocycles. The van der Waals surface area contributed by atoms with Gasteiger partial charge in [-0.2, -0.15) is 0 Å². The summed E-state index contributed by atoms with van der Waals surface area (Å²) in [5.41, 5.74) is 1.05. The molecule has 9 nitrogen and oxygen atoms in total. The Morgan fingerprint density at radius 3 is 2.03 bits per heavy atom. The van der Waals surface area contributed by atoms with E-state index in [0.717, 1.165) is 12.8 Å². The molecule has 9 heteroatoms. The predicted molar refractivity (Wildman–Crippen MR) is 133 cm³/mol. The average molecular weight is 499 g/mol. The number of ether oxygens (including phenoxy) is 5. The molecule has 0 spiro atoms. The molecule has 2 fully saturated rings. The maximum atomic E-state index is 13.5. The highest BCUT2D eigenvalue weighted by molar-refractivity contribution is 5.95. The fraction of sp³-hybridized carbons (Fsp3) is 0.481. The first-order valence-electron chi connectivity index (χ1n) is 12.1. The highest BCUT2D eigenvalue weighted by Gasteiger charge is 2.32. The third kappa shape index (κ3) is 5.84. The van der Waals surface area contributed by atoms with Crippen molar-refractivity contribution in [2.24, 2.45) is 5.92 Å². The van der Waals surface area contributed by atoms with Crippen LogP contribution < -0.4 is 18.9 Å². The van der Waals surface area contributed by atoms with E-state index in [0.29, 0.717) is 72.8 Å². The first kappa shape index (κ1) is 25.6. The molecule has 36 heavy (non-hydrogen) atoms. The van der Waals surface area contributed by atoms with Crippen LogP contribution in [0.25, 0.3) is 0 Å². The molecular weight excluding hydrogens is 464 g/mol. The second kappa shape index (κ2) is 11.5. The molecule has 2 aromatic carbocycles. The number of nitrogens with zero attached hydrogens (tertiary/aromatic N) is 2. The van der Waals surface area contributed by atoms with Crippen molar-refractivity contribution in [2.75, 3.05) is 61.2 Å². The molecule has 1 atom stereocenters. The number of morpholine rings is 1. The highest BCUT2D eigenvalue weighted by atomic mass is 16.5. The summed E-state index contributed by atoms with van der Waals surface area (Å²) in [7, 11) is 6.21. The summed E-state index contributed by atoms with van der Waals surface area (Å²) in [5, 5.41) is 0. The molecule has 194 valence electrons. The molecule has 4 rings (SSSR count). The highest BCUT2D eigenvalue weighted by Crippen LogP contribution is 2.32. The number of rotatable bonds is 10. The molecule has 1 unspecified atom stereocenters. The van der Waals surface area contributed by atoms with E-state index in [1.54, 1.807) is 69.7 Å². The quantitative estimate of drug-likeness (QED) is 0.498. The molecule has 2 aliphatic rings. The van der Waals surface area contributed by atoms with E-state index in [1.807, 2.05) is 4.90 Å². The lowest BCUT2D eigenvalue weighted by Gasteiger charge is -2.36. The third-order valence-electron chi connectivity index (χ3n) is 6.57. The van der Waals surface area contributed by atoms with Crippen molar-refractivity contribution >= 4 is 11.8 Å². The van der Waals surface area contributed by atoms with Crippen molar-refractivity contribution in [3.63, 3.8) is 0 Å². The minimum Gasteiger partial charge on any atom is -0.493 e. The maximum absolute atomic E-state index is 13.5. The van der Waals surface area contributed by atoms with Crippen LogP contribution >= 0.6 is 0 Å². The molecule has 1 aliphatic heterocycles. The van der Waals surface area contributed by atoms with Crippen LogP contribution in [-0.4, -0.2) is 88.9 Å². The summed E-state index contributed by atoms with van der Waals surface area (Å²) < 4.78 is 27.3. The van der Waals surface area contributed by atoms with Gasteiger partial charge in [0.1, 0.15) is 0 Å². The van der Waals surface area contributed by atoms with Crippen molar-refractivity contribution < 1.29 is 33.3 Å². The summed E-state index contributed by atoms with van der Waals surface area (Å²) in [6.45, 7) is 2.35. The smallest absolute Gasteiger partial charge is 0.254 e. The first-order valence-corrected chi connectivity index (χ1v) is 12.1. The molecule has 1 aliphatic carbocycles. The molecule has 1 heterocycles. The van der Waals surface area contributed by atoms with Gasteiger partial charge in [-0.05, 0) is 55.2 Å². The van der Waals surface area contributed by atoms with Crippen molar-refractivity contribution in [2.45, 2.75) is 18.9 Å². The van der Waals surface area contributed by atoms with Gasteiger partial charge >= 0.3 is 0 Å². The summed E-state index contributed by atoms with van der Waals surface area (Å²) >= 11 is 0. The number of carbonyl (C=O) groups excluding carboxylic acids is 2. The molecular formula is C27H34N2O7. The van der Waals surface area contributed by atoms with Crippen LogP contribution in [0.15, 0.2) is 36.4 Å². The van der Waals surface area contributed by atoms with Crippen LogP contribution in [0.3, 0.4) is 0 Å². The van der Waals surface area contributed by atoms with E-state index < -0.39 is 0 Å². The number of carbonyl (C=O) groups is 2. The second-order valence-electron chi connectivity index (χ2n) is 9.04. The topological polar surface area (TPSA) is 86.8 Å². The maximum Gasteiger partial charge on any atom is 0.254 e. The monoisotopic (exact) mass is 498 g/mol. The van der Waals surface area contributed by atoms with Crippen molar-refractivity contribution in [1.82, 2.24) is 9.80 Å². The van der Waals surface area contributed by atoms with Gasteiger partial charge in [0.15, 0.2) is 23.0 Å². The summed E-state index contributed by atoms with van der Waals surface area (Å²) in [6, 6.07) is 10.3. The van der Waals surface area contributed by atoms with Gasteiger partial charge in [0.2, 0.25) is 0 Å². The Morgan fingerprint density at radius 2 is 1.44 bits per heavy atom. The Labute approximate surface area is 211 Å². The Hall–Kier alpha value is -3.46. The van der Waals surface area contributed by atoms with Crippen LogP contribution in [0, 0.1) is 5.92 Å². The molecule has 0 bridgehead atoms. The minimum absolute atomic E-state index is 0.0882. The van der Waals surface area contributed by atoms with Gasteiger partial charge < -0.3 is 33.5 Å². The van der Waals surface area contributed by atoms with Crippen LogP contribution in [0.1, 0.15) is 33.6 Å². The SMILES string of the molecule is COc1ccc(C(=O)N2CCOC(CN(CC3CC3)C(=O)c3ccc(OC)c(OC)c3)C2)cc1OC. The number of hydrogen-bond acceptors (Lipinski definition) is 7. The van der Waals surface area contributed by atoms with Gasteiger partial charge in [-0.15, -0.1) is 0 Å². The molecule has 1 saturated carbocycles. The normalized spacial score (nSPS) is 17.3. The Morgan fingerprint density at radius 1 is 0.861 bits per heavy atom. The largest absolute Gasteiger partial charge is 0.493 e. The summed E-state index contributed by atoms with van der Waals surface area (Å²) in [5.74, 6) is 2.46. The van der Waals surface area contributed by atoms with E-state index in [4.69, 9.17) is 23.7 Å². The van der Waals surface area contributed by atoms with Crippen LogP contribution in [0.4, 0.5) is 0 Å². The Bertz CT molecular complexity index is 1090. The number of amides is 2. The zero-order chi connectivity index (χ0) is 25.7. The lowest BCUT2D eigenvalue weighted by atomic mass is 10.1. The van der Waals surface area contributed by atoms with Gasteiger partial charge in [0, 0.05) is 37.3 Å². The average Bonchev–Trinajstić information content (AvgIpc) is 3.75. The zero-order valence-electron chi connectivity index (χ0n) is 21.3. The predicted octanol–water partition coefficient (Wildman–Crippen LogP) is 3.11. The molecule has 2 amide bonds. The minimum atomic E-state index is -0.286. The van der Waals surface area contributed by atoms with Gasteiger partial charge in [-0.1, -0.05) is 0 Å². The zero-order valence-corrected chi connectivity index (χ0v) is 21.3. The lowest BCUT2D eigenvalue weighted by molar-refractivity contribution is -0.0335. The Kier molecular flexibility index (Phi) is 8.20. The van der Waals surface area contributed by atoms with E-state index >= 15 is 0 Å². The standard InChI is InChI=1S/C27H34N2O7/c1-32-22-9-7-19(13-24(22)34-3)26(30)28-11-12-36-21(16-28)17-29(15-18-5-6-18)27(31)20-8-10-23(33-2)25(14-20)35-4/h7-10,13-14,18,21H,5-6,11-12,15-17H2,1-4H3. The molecule has 0 radical (unpaired) electrons. The molecule has 1 saturated heterocycles. The number of methoxy groups -OCH3 is 4. The summed E-state index contributed by atoms with van der Waals surface area (Å²) in [6.07, 6.45) is 1.95. The van der Waals surface area contributed by atoms with E-state index in [2.05, 4.69) is 0 Å². The van der Waals surface area contributed by atoms with Gasteiger partial charge in [0.05, 0.1) is 41.2 Å². The Balaban J connectivity index is 1.47.